The van der Waals surface area contributed by atoms with E-state index in [4.69, 9.17) is 11.6 Å². The predicted molar refractivity (Wildman–Crippen MR) is 77.1 cm³/mol. The summed E-state index contributed by atoms with van der Waals surface area (Å²) in [5.74, 6) is 0.0579. The van der Waals surface area contributed by atoms with Crippen molar-refractivity contribution < 1.29 is 4.79 Å². The van der Waals surface area contributed by atoms with Crippen molar-refractivity contribution in [3.05, 3.63) is 33.3 Å². The van der Waals surface area contributed by atoms with E-state index in [1.165, 1.54) is 0 Å². The first-order valence-electron chi connectivity index (χ1n) is 5.89. The fraction of sp³-hybridized carbons (Fsp3) is 0.462. The largest absolute Gasteiger partial charge is 0.337 e. The fourth-order valence-corrected chi connectivity index (χ4v) is 3.07. The normalized spacial score (nSPS) is 19.6. The Kier molecular flexibility index (Phi) is 4.30. The van der Waals surface area contributed by atoms with Gasteiger partial charge in [0.05, 0.1) is 0 Å². The third-order valence-corrected chi connectivity index (χ3v) is 3.97. The van der Waals surface area contributed by atoms with Crippen LogP contribution in [0.5, 0.6) is 0 Å². The molecule has 0 bridgehead atoms. The smallest absolute Gasteiger partial charge is 0.253 e. The Bertz CT molecular complexity index is 444. The molecule has 18 heavy (non-hydrogen) atoms. The third-order valence-electron chi connectivity index (χ3n) is 3.29. The van der Waals surface area contributed by atoms with Gasteiger partial charge in [-0.3, -0.25) is 4.79 Å². The molecule has 0 N–H and O–H groups in total. The number of likely N-dealkylation sites (N-methyl/N-ethyl adjacent to an activating group) is 1. The Hall–Kier alpha value is -0.580. The van der Waals surface area contributed by atoms with Gasteiger partial charge in [0.2, 0.25) is 0 Å². The van der Waals surface area contributed by atoms with Crippen LogP contribution < -0.4 is 0 Å². The monoisotopic (exact) mass is 330 g/mol. The standard InChI is InChI=1S/C13H16BrClN2O/c1-16(2)12-3-4-17(8-12)13(18)9-5-10(14)7-11(15)6-9/h5-7,12H,3-4,8H2,1-2H3. The molecule has 98 valence electrons. The molecular weight excluding hydrogens is 316 g/mol. The minimum Gasteiger partial charge on any atom is -0.337 e. The van der Waals surface area contributed by atoms with Crippen molar-refractivity contribution in [2.24, 2.45) is 0 Å². The van der Waals surface area contributed by atoms with Crippen LogP contribution in [0.4, 0.5) is 0 Å². The molecule has 1 saturated heterocycles. The molecule has 3 nitrogen and oxygen atoms in total. The van der Waals surface area contributed by atoms with Crippen molar-refractivity contribution in [3.63, 3.8) is 0 Å². The van der Waals surface area contributed by atoms with Crippen molar-refractivity contribution in [3.8, 4) is 0 Å². The number of halogens is 2. The van der Waals surface area contributed by atoms with E-state index in [0.717, 1.165) is 24.0 Å². The number of hydrogen-bond acceptors (Lipinski definition) is 2. The molecule has 1 unspecified atom stereocenters. The molecule has 1 fully saturated rings. The van der Waals surface area contributed by atoms with Crippen molar-refractivity contribution in [1.29, 1.82) is 0 Å². The van der Waals surface area contributed by atoms with Crippen LogP contribution in [0.25, 0.3) is 0 Å². The lowest BCUT2D eigenvalue weighted by Gasteiger charge is -2.20. The van der Waals surface area contributed by atoms with Crippen molar-refractivity contribution in [2.75, 3.05) is 27.2 Å². The van der Waals surface area contributed by atoms with Crippen LogP contribution in [0.2, 0.25) is 5.02 Å². The first-order valence-corrected chi connectivity index (χ1v) is 7.06. The molecule has 0 spiro atoms. The summed E-state index contributed by atoms with van der Waals surface area (Å²) in [6, 6.07) is 5.77. The maximum absolute atomic E-state index is 12.3. The molecule has 1 aliphatic rings. The maximum Gasteiger partial charge on any atom is 0.253 e. The summed E-state index contributed by atoms with van der Waals surface area (Å²) in [6.07, 6.45) is 1.03. The molecule has 1 aliphatic heterocycles. The zero-order valence-electron chi connectivity index (χ0n) is 10.5. The number of likely N-dealkylation sites (tertiary alicyclic amines) is 1. The van der Waals surface area contributed by atoms with Crippen LogP contribution in [0, 0.1) is 0 Å². The highest BCUT2D eigenvalue weighted by Gasteiger charge is 2.28. The van der Waals surface area contributed by atoms with Gasteiger partial charge in [-0.1, -0.05) is 27.5 Å². The summed E-state index contributed by atoms with van der Waals surface area (Å²) in [4.78, 5) is 16.4. The SMILES string of the molecule is CN(C)C1CCN(C(=O)c2cc(Cl)cc(Br)c2)C1. The van der Waals surface area contributed by atoms with E-state index in [0.29, 0.717) is 16.6 Å². The summed E-state index contributed by atoms with van der Waals surface area (Å²) in [5.41, 5.74) is 0.647. The van der Waals surface area contributed by atoms with Crippen LogP contribution >= 0.6 is 27.5 Å². The van der Waals surface area contributed by atoms with Gasteiger partial charge in [0.15, 0.2) is 0 Å². The first-order chi connectivity index (χ1) is 8.47. The van der Waals surface area contributed by atoms with Gasteiger partial charge in [-0.2, -0.15) is 0 Å². The summed E-state index contributed by atoms with van der Waals surface area (Å²) in [7, 11) is 4.10. The van der Waals surface area contributed by atoms with Gasteiger partial charge in [0.25, 0.3) is 5.91 Å². The molecule has 0 radical (unpaired) electrons. The van der Waals surface area contributed by atoms with E-state index >= 15 is 0 Å². The molecule has 1 aromatic carbocycles. The zero-order valence-corrected chi connectivity index (χ0v) is 12.8. The lowest BCUT2D eigenvalue weighted by molar-refractivity contribution is 0.0783. The molecule has 1 amide bonds. The van der Waals surface area contributed by atoms with Crippen molar-refractivity contribution >= 4 is 33.4 Å². The predicted octanol–water partition coefficient (Wildman–Crippen LogP) is 2.88. The Morgan fingerprint density at radius 2 is 2.17 bits per heavy atom. The van der Waals surface area contributed by atoms with Gasteiger partial charge in [0.1, 0.15) is 0 Å². The van der Waals surface area contributed by atoms with Crippen LogP contribution in [0.15, 0.2) is 22.7 Å². The van der Waals surface area contributed by atoms with E-state index in [1.807, 2.05) is 11.0 Å². The van der Waals surface area contributed by atoms with E-state index < -0.39 is 0 Å². The highest BCUT2D eigenvalue weighted by atomic mass is 79.9. The average molecular weight is 332 g/mol. The number of benzene rings is 1. The van der Waals surface area contributed by atoms with Gasteiger partial charge in [-0.25, -0.2) is 0 Å². The summed E-state index contributed by atoms with van der Waals surface area (Å²) in [6.45, 7) is 1.60. The van der Waals surface area contributed by atoms with Gasteiger partial charge in [0, 0.05) is 34.2 Å². The zero-order chi connectivity index (χ0) is 13.3. The minimum atomic E-state index is 0.0579. The highest BCUT2D eigenvalue weighted by molar-refractivity contribution is 9.10. The molecule has 1 heterocycles. The lowest BCUT2D eigenvalue weighted by atomic mass is 10.2. The van der Waals surface area contributed by atoms with E-state index in [9.17, 15) is 4.79 Å². The van der Waals surface area contributed by atoms with E-state index in [-0.39, 0.29) is 5.91 Å². The molecule has 1 aromatic rings. The van der Waals surface area contributed by atoms with Crippen LogP contribution in [0.1, 0.15) is 16.8 Å². The number of carbonyl (C=O) groups is 1. The Morgan fingerprint density at radius 1 is 1.44 bits per heavy atom. The third kappa shape index (κ3) is 3.05. The summed E-state index contributed by atoms with van der Waals surface area (Å²) >= 11 is 9.33. The minimum absolute atomic E-state index is 0.0579. The fourth-order valence-electron chi connectivity index (χ4n) is 2.21. The Morgan fingerprint density at radius 3 is 2.72 bits per heavy atom. The molecule has 0 aliphatic carbocycles. The number of nitrogens with zero attached hydrogens (tertiary/aromatic N) is 2. The molecule has 5 heteroatoms. The van der Waals surface area contributed by atoms with Gasteiger partial charge < -0.3 is 9.80 Å². The van der Waals surface area contributed by atoms with Crippen LogP contribution in [-0.2, 0) is 0 Å². The number of carbonyl (C=O) groups excluding carboxylic acids is 1. The molecule has 0 saturated carbocycles. The first kappa shape index (κ1) is 13.8. The van der Waals surface area contributed by atoms with Crippen LogP contribution in [-0.4, -0.2) is 48.9 Å². The Labute approximate surface area is 121 Å². The van der Waals surface area contributed by atoms with Crippen LogP contribution in [0.3, 0.4) is 0 Å². The van der Waals surface area contributed by atoms with Gasteiger partial charge in [-0.15, -0.1) is 0 Å². The topological polar surface area (TPSA) is 23.6 Å². The quantitative estimate of drug-likeness (QED) is 0.832. The van der Waals surface area contributed by atoms with Gasteiger partial charge in [-0.05, 0) is 38.7 Å². The highest BCUT2D eigenvalue weighted by Crippen LogP contribution is 2.22. The van der Waals surface area contributed by atoms with Crippen molar-refractivity contribution in [2.45, 2.75) is 12.5 Å². The number of rotatable bonds is 2. The second-order valence-corrected chi connectivity index (χ2v) is 6.17. The summed E-state index contributed by atoms with van der Waals surface area (Å²) in [5, 5.41) is 0.580. The van der Waals surface area contributed by atoms with Gasteiger partial charge >= 0.3 is 0 Å². The number of amides is 1. The average Bonchev–Trinajstić information content (AvgIpc) is 2.75. The Balaban J connectivity index is 2.12. The molecule has 2 rings (SSSR count). The maximum atomic E-state index is 12.3. The number of hydrogen-bond donors (Lipinski definition) is 0. The van der Waals surface area contributed by atoms with Crippen molar-refractivity contribution in [1.82, 2.24) is 9.80 Å². The molecular formula is C13H16BrClN2O. The molecule has 0 aromatic heterocycles. The van der Waals surface area contributed by atoms with E-state index in [2.05, 4.69) is 34.9 Å². The summed E-state index contributed by atoms with van der Waals surface area (Å²) < 4.78 is 0.835. The second-order valence-electron chi connectivity index (χ2n) is 4.82. The molecule has 1 atom stereocenters. The lowest BCUT2D eigenvalue weighted by Crippen LogP contribution is -2.34. The second kappa shape index (κ2) is 5.59. The van der Waals surface area contributed by atoms with E-state index in [1.54, 1.807) is 12.1 Å².